The van der Waals surface area contributed by atoms with E-state index < -0.39 is 11.9 Å². The molecule has 1 atom stereocenters. The molecule has 0 aromatic heterocycles. The second-order valence-electron chi connectivity index (χ2n) is 5.80. The van der Waals surface area contributed by atoms with Gasteiger partial charge in [-0.1, -0.05) is 15.9 Å². The van der Waals surface area contributed by atoms with Crippen LogP contribution in [0.3, 0.4) is 0 Å². The summed E-state index contributed by atoms with van der Waals surface area (Å²) in [6.45, 7) is 8.15. The summed E-state index contributed by atoms with van der Waals surface area (Å²) in [7, 11) is 0. The fourth-order valence-electron chi connectivity index (χ4n) is 2.97. The number of nitrogens with two attached hydrogens (primary N) is 1. The van der Waals surface area contributed by atoms with Crippen molar-refractivity contribution in [3.05, 3.63) is 45.0 Å². The zero-order valence-electron chi connectivity index (χ0n) is 16.3. The fraction of sp³-hybridized carbons (Fsp3) is 0.400. The summed E-state index contributed by atoms with van der Waals surface area (Å²) >= 11 is 3.53. The van der Waals surface area contributed by atoms with Crippen molar-refractivity contribution < 1.29 is 23.7 Å². The summed E-state index contributed by atoms with van der Waals surface area (Å²) in [5.41, 5.74) is 6.92. The molecule has 0 spiro atoms. The average Bonchev–Trinajstić information content (AvgIpc) is 2.63. The quantitative estimate of drug-likeness (QED) is 0.628. The van der Waals surface area contributed by atoms with Gasteiger partial charge in [-0.05, 0) is 45.4 Å². The van der Waals surface area contributed by atoms with Gasteiger partial charge in [-0.25, -0.2) is 4.79 Å². The van der Waals surface area contributed by atoms with Crippen molar-refractivity contribution in [3.8, 4) is 17.6 Å². The molecule has 0 fully saturated rings. The van der Waals surface area contributed by atoms with Gasteiger partial charge < -0.3 is 24.7 Å². The van der Waals surface area contributed by atoms with E-state index in [9.17, 15) is 10.1 Å². The predicted molar refractivity (Wildman–Crippen MR) is 106 cm³/mol. The molecular formula is C20H23BrN2O5. The standard InChI is InChI=1S/C20H23BrN2O5/c1-5-25-15-8-12(14(21)9-16(15)26-6-2)18-13(10-22)19(23)28-11(4)17(18)20(24)27-7-3/h8-9,18H,5-7,23H2,1-4H3. The van der Waals surface area contributed by atoms with Crippen LogP contribution >= 0.6 is 15.9 Å². The molecule has 0 bridgehead atoms. The molecule has 1 aliphatic heterocycles. The van der Waals surface area contributed by atoms with Crippen LogP contribution in [0.25, 0.3) is 0 Å². The molecule has 1 aromatic rings. The van der Waals surface area contributed by atoms with Crippen molar-refractivity contribution in [1.29, 1.82) is 5.26 Å². The average molecular weight is 451 g/mol. The first kappa shape index (κ1) is 21.6. The normalized spacial score (nSPS) is 16.4. The van der Waals surface area contributed by atoms with Crippen LogP contribution in [0.5, 0.6) is 11.5 Å². The molecule has 0 saturated carbocycles. The first-order chi connectivity index (χ1) is 13.4. The highest BCUT2D eigenvalue weighted by Gasteiger charge is 2.37. The Morgan fingerprint density at radius 1 is 1.21 bits per heavy atom. The van der Waals surface area contributed by atoms with Gasteiger partial charge in [0.05, 0.1) is 31.3 Å². The van der Waals surface area contributed by atoms with Crippen LogP contribution in [-0.2, 0) is 14.3 Å². The van der Waals surface area contributed by atoms with Gasteiger partial charge in [-0.3, -0.25) is 0 Å². The number of allylic oxidation sites excluding steroid dienone is 2. The first-order valence-electron chi connectivity index (χ1n) is 8.93. The molecule has 0 radical (unpaired) electrons. The maximum Gasteiger partial charge on any atom is 0.338 e. The summed E-state index contributed by atoms with van der Waals surface area (Å²) in [4.78, 5) is 12.6. The highest BCUT2D eigenvalue weighted by Crippen LogP contribution is 2.45. The number of carbonyl (C=O) groups excluding carboxylic acids is 1. The number of ether oxygens (including phenoxy) is 4. The zero-order chi connectivity index (χ0) is 20.8. The van der Waals surface area contributed by atoms with Gasteiger partial charge in [0.2, 0.25) is 5.88 Å². The lowest BCUT2D eigenvalue weighted by atomic mass is 9.83. The summed E-state index contributed by atoms with van der Waals surface area (Å²) in [6, 6.07) is 5.56. The first-order valence-corrected chi connectivity index (χ1v) is 9.73. The molecule has 8 heteroatoms. The Balaban J connectivity index is 2.71. The van der Waals surface area contributed by atoms with E-state index in [1.807, 2.05) is 13.8 Å². The minimum atomic E-state index is -0.762. The van der Waals surface area contributed by atoms with Gasteiger partial charge >= 0.3 is 5.97 Å². The molecule has 1 aliphatic rings. The largest absolute Gasteiger partial charge is 0.490 e. The van der Waals surface area contributed by atoms with E-state index in [1.165, 1.54) is 0 Å². The van der Waals surface area contributed by atoms with Crippen LogP contribution in [-0.4, -0.2) is 25.8 Å². The summed E-state index contributed by atoms with van der Waals surface area (Å²) in [5.74, 6) is -0.0202. The van der Waals surface area contributed by atoms with E-state index in [4.69, 9.17) is 24.7 Å². The number of esters is 1. The number of benzene rings is 1. The lowest BCUT2D eigenvalue weighted by Crippen LogP contribution is -2.25. The topological polar surface area (TPSA) is 104 Å². The zero-order valence-corrected chi connectivity index (χ0v) is 17.9. The van der Waals surface area contributed by atoms with E-state index in [1.54, 1.807) is 26.0 Å². The summed E-state index contributed by atoms with van der Waals surface area (Å²) in [6.07, 6.45) is 0. The molecule has 150 valence electrons. The van der Waals surface area contributed by atoms with Gasteiger partial charge in [-0.15, -0.1) is 0 Å². The van der Waals surface area contributed by atoms with Crippen LogP contribution < -0.4 is 15.2 Å². The van der Waals surface area contributed by atoms with Crippen LogP contribution in [0.1, 0.15) is 39.2 Å². The summed E-state index contributed by atoms with van der Waals surface area (Å²) in [5, 5.41) is 9.70. The van der Waals surface area contributed by atoms with Gasteiger partial charge in [0, 0.05) is 4.47 Å². The minimum absolute atomic E-state index is 0.0446. The third-order valence-electron chi connectivity index (χ3n) is 4.07. The Bertz CT molecular complexity index is 870. The van der Waals surface area contributed by atoms with E-state index >= 15 is 0 Å². The fourth-order valence-corrected chi connectivity index (χ4v) is 3.53. The van der Waals surface area contributed by atoms with Crippen LogP contribution in [0.4, 0.5) is 0 Å². The highest BCUT2D eigenvalue weighted by molar-refractivity contribution is 9.10. The molecule has 2 rings (SSSR count). The number of nitrogens with zero attached hydrogens (tertiary/aromatic N) is 1. The lowest BCUT2D eigenvalue weighted by molar-refractivity contribution is -0.139. The minimum Gasteiger partial charge on any atom is -0.490 e. The molecule has 0 aliphatic carbocycles. The molecule has 1 unspecified atom stereocenters. The van der Waals surface area contributed by atoms with E-state index in [0.29, 0.717) is 40.5 Å². The Hall–Kier alpha value is -2.66. The Labute approximate surface area is 172 Å². The van der Waals surface area contributed by atoms with Crippen molar-refractivity contribution in [2.24, 2.45) is 5.73 Å². The molecule has 2 N–H and O–H groups in total. The smallest absolute Gasteiger partial charge is 0.338 e. The number of hydrogen-bond acceptors (Lipinski definition) is 7. The Morgan fingerprint density at radius 3 is 2.36 bits per heavy atom. The van der Waals surface area contributed by atoms with Gasteiger partial charge in [0.15, 0.2) is 11.5 Å². The molecule has 0 saturated heterocycles. The lowest BCUT2D eigenvalue weighted by Gasteiger charge is -2.28. The van der Waals surface area contributed by atoms with Gasteiger partial charge in [0.1, 0.15) is 17.4 Å². The number of nitriles is 1. The third-order valence-corrected chi connectivity index (χ3v) is 4.76. The maximum atomic E-state index is 12.6. The maximum absolute atomic E-state index is 12.6. The van der Waals surface area contributed by atoms with E-state index in [-0.39, 0.29) is 23.6 Å². The van der Waals surface area contributed by atoms with Crippen molar-refractivity contribution in [1.82, 2.24) is 0 Å². The summed E-state index contributed by atoms with van der Waals surface area (Å²) < 4.78 is 22.6. The van der Waals surface area contributed by atoms with Crippen molar-refractivity contribution in [2.75, 3.05) is 19.8 Å². The Morgan fingerprint density at radius 2 is 1.82 bits per heavy atom. The number of carbonyl (C=O) groups is 1. The Kier molecular flexibility index (Phi) is 7.35. The number of rotatable bonds is 7. The molecule has 0 amide bonds. The van der Waals surface area contributed by atoms with Crippen LogP contribution in [0.15, 0.2) is 39.4 Å². The van der Waals surface area contributed by atoms with E-state index in [0.717, 1.165) is 0 Å². The molecular weight excluding hydrogens is 428 g/mol. The SMILES string of the molecule is CCOC(=O)C1=C(C)OC(N)=C(C#N)C1c1cc(OCC)c(OCC)cc1Br. The molecule has 1 aromatic carbocycles. The number of hydrogen-bond donors (Lipinski definition) is 1. The second-order valence-corrected chi connectivity index (χ2v) is 6.66. The van der Waals surface area contributed by atoms with Crippen molar-refractivity contribution in [2.45, 2.75) is 33.6 Å². The van der Waals surface area contributed by atoms with Gasteiger partial charge in [0.25, 0.3) is 0 Å². The van der Waals surface area contributed by atoms with Crippen LogP contribution in [0.2, 0.25) is 0 Å². The van der Waals surface area contributed by atoms with Crippen molar-refractivity contribution >= 4 is 21.9 Å². The highest BCUT2D eigenvalue weighted by atomic mass is 79.9. The van der Waals surface area contributed by atoms with Gasteiger partial charge in [-0.2, -0.15) is 5.26 Å². The number of halogens is 1. The predicted octanol–water partition coefficient (Wildman–Crippen LogP) is 3.89. The van der Waals surface area contributed by atoms with Crippen molar-refractivity contribution in [3.63, 3.8) is 0 Å². The van der Waals surface area contributed by atoms with Crippen LogP contribution in [0, 0.1) is 11.3 Å². The molecule has 28 heavy (non-hydrogen) atoms. The second kappa shape index (κ2) is 9.51. The van der Waals surface area contributed by atoms with E-state index in [2.05, 4.69) is 22.0 Å². The monoisotopic (exact) mass is 450 g/mol. The molecule has 7 nitrogen and oxygen atoms in total. The third kappa shape index (κ3) is 4.25. The molecule has 1 heterocycles.